The predicted octanol–water partition coefficient (Wildman–Crippen LogP) is 3.87. The number of hydrogen-bond acceptors (Lipinski definition) is 3. The predicted molar refractivity (Wildman–Crippen MR) is 114 cm³/mol. The summed E-state index contributed by atoms with van der Waals surface area (Å²) >= 11 is 0. The van der Waals surface area contributed by atoms with E-state index >= 15 is 0 Å². The molecule has 0 aliphatic carbocycles. The number of rotatable bonds is 6. The molecular weight excluding hydrogens is 334 g/mol. The van der Waals surface area contributed by atoms with Crippen LogP contribution >= 0.6 is 0 Å². The Morgan fingerprint density at radius 1 is 0.963 bits per heavy atom. The van der Waals surface area contributed by atoms with Crippen LogP contribution in [0.25, 0.3) is 0 Å². The van der Waals surface area contributed by atoms with Gasteiger partial charge in [0, 0.05) is 57.1 Å². The average molecular weight is 366 g/mol. The first-order valence-corrected chi connectivity index (χ1v) is 9.99. The zero-order chi connectivity index (χ0) is 19.2. The summed E-state index contributed by atoms with van der Waals surface area (Å²) in [6.07, 6.45) is 0.576. The quantitative estimate of drug-likeness (QED) is 0.777. The molecule has 0 saturated carbocycles. The molecular formula is C23H31N3O. The fraction of sp³-hybridized carbons (Fsp3) is 0.435. The Hall–Kier alpha value is -2.33. The van der Waals surface area contributed by atoms with E-state index < -0.39 is 0 Å². The van der Waals surface area contributed by atoms with Crippen LogP contribution in [-0.4, -0.2) is 50.1 Å². The number of hydrogen-bond donors (Lipinski definition) is 0. The molecule has 4 heteroatoms. The molecule has 0 unspecified atom stereocenters. The van der Waals surface area contributed by atoms with Gasteiger partial charge in [0.25, 0.3) is 0 Å². The number of amides is 1. The highest BCUT2D eigenvalue weighted by Gasteiger charge is 2.20. The van der Waals surface area contributed by atoms with Crippen LogP contribution in [-0.2, 0) is 4.79 Å². The number of nitrogens with zero attached hydrogens (tertiary/aromatic N) is 3. The van der Waals surface area contributed by atoms with E-state index in [1.807, 2.05) is 42.2 Å². The molecule has 1 amide bonds. The molecule has 0 bridgehead atoms. The van der Waals surface area contributed by atoms with E-state index in [0.717, 1.165) is 38.4 Å². The molecule has 144 valence electrons. The monoisotopic (exact) mass is 365 g/mol. The second kappa shape index (κ2) is 9.05. The number of para-hydroxylation sites is 1. The lowest BCUT2D eigenvalue weighted by atomic mass is 10.1. The Labute approximate surface area is 163 Å². The van der Waals surface area contributed by atoms with Crippen molar-refractivity contribution in [1.82, 2.24) is 4.90 Å². The minimum absolute atomic E-state index is 0.209. The zero-order valence-corrected chi connectivity index (χ0v) is 16.8. The van der Waals surface area contributed by atoms with Crippen molar-refractivity contribution in [3.05, 3.63) is 59.7 Å². The third-order valence-electron chi connectivity index (χ3n) is 5.62. The lowest BCUT2D eigenvalue weighted by molar-refractivity contribution is -0.118. The molecule has 1 aliphatic rings. The van der Waals surface area contributed by atoms with Crippen LogP contribution < -0.4 is 9.80 Å². The first-order chi connectivity index (χ1) is 13.1. The largest absolute Gasteiger partial charge is 0.369 e. The molecule has 0 radical (unpaired) electrons. The van der Waals surface area contributed by atoms with E-state index in [1.54, 1.807) is 0 Å². The number of carbonyl (C=O) groups is 1. The second-order valence-corrected chi connectivity index (χ2v) is 7.27. The van der Waals surface area contributed by atoms with Crippen molar-refractivity contribution in [2.24, 2.45) is 0 Å². The van der Waals surface area contributed by atoms with Gasteiger partial charge >= 0.3 is 0 Å². The van der Waals surface area contributed by atoms with Crippen molar-refractivity contribution in [3.63, 3.8) is 0 Å². The number of anilines is 2. The lowest BCUT2D eigenvalue weighted by Crippen LogP contribution is -2.47. The van der Waals surface area contributed by atoms with Gasteiger partial charge in [-0.1, -0.05) is 30.3 Å². The Balaban J connectivity index is 1.51. The lowest BCUT2D eigenvalue weighted by Gasteiger charge is -2.37. The molecule has 2 aromatic carbocycles. The molecule has 1 heterocycles. The number of benzene rings is 2. The summed E-state index contributed by atoms with van der Waals surface area (Å²) in [4.78, 5) is 19.4. The molecule has 0 spiro atoms. The Bertz CT molecular complexity index is 751. The second-order valence-electron chi connectivity index (χ2n) is 7.27. The fourth-order valence-corrected chi connectivity index (χ4v) is 3.79. The standard InChI is InChI=1S/C23H31N3O/c1-4-26(21-10-6-5-7-11-21)23(27)13-14-24-15-17-25(18-16-24)22-12-8-9-19(2)20(22)3/h5-12H,4,13-18H2,1-3H3. The third kappa shape index (κ3) is 4.69. The van der Waals surface area contributed by atoms with Gasteiger partial charge in [0.1, 0.15) is 0 Å². The Kier molecular flexibility index (Phi) is 6.51. The highest BCUT2D eigenvalue weighted by atomic mass is 16.2. The van der Waals surface area contributed by atoms with E-state index in [-0.39, 0.29) is 5.91 Å². The smallest absolute Gasteiger partial charge is 0.228 e. The molecule has 27 heavy (non-hydrogen) atoms. The Morgan fingerprint density at radius 3 is 2.33 bits per heavy atom. The maximum Gasteiger partial charge on any atom is 0.228 e. The van der Waals surface area contributed by atoms with Crippen LogP contribution in [0.15, 0.2) is 48.5 Å². The normalized spacial score (nSPS) is 15.0. The van der Waals surface area contributed by atoms with E-state index in [4.69, 9.17) is 0 Å². The number of piperazine rings is 1. The first kappa shape index (κ1) is 19.4. The van der Waals surface area contributed by atoms with E-state index in [9.17, 15) is 4.79 Å². The molecule has 1 aliphatic heterocycles. The van der Waals surface area contributed by atoms with E-state index in [1.165, 1.54) is 16.8 Å². The van der Waals surface area contributed by atoms with Crippen LogP contribution in [0.5, 0.6) is 0 Å². The maximum absolute atomic E-state index is 12.7. The highest BCUT2D eigenvalue weighted by molar-refractivity contribution is 5.93. The van der Waals surface area contributed by atoms with Gasteiger partial charge in [-0.2, -0.15) is 0 Å². The van der Waals surface area contributed by atoms with Crippen molar-refractivity contribution in [3.8, 4) is 0 Å². The van der Waals surface area contributed by atoms with Gasteiger partial charge < -0.3 is 9.80 Å². The Morgan fingerprint density at radius 2 is 1.67 bits per heavy atom. The van der Waals surface area contributed by atoms with Crippen LogP contribution in [0.2, 0.25) is 0 Å². The van der Waals surface area contributed by atoms with Gasteiger partial charge in [-0.15, -0.1) is 0 Å². The van der Waals surface area contributed by atoms with Crippen molar-refractivity contribution in [2.75, 3.05) is 49.1 Å². The van der Waals surface area contributed by atoms with Crippen LogP contribution in [0.1, 0.15) is 24.5 Å². The molecule has 1 fully saturated rings. The minimum Gasteiger partial charge on any atom is -0.369 e. The van der Waals surface area contributed by atoms with Crippen molar-refractivity contribution >= 4 is 17.3 Å². The summed E-state index contributed by atoms with van der Waals surface area (Å²) in [5.74, 6) is 0.209. The van der Waals surface area contributed by atoms with Gasteiger partial charge in [0.15, 0.2) is 0 Å². The average Bonchev–Trinajstić information content (AvgIpc) is 2.70. The van der Waals surface area contributed by atoms with Crippen LogP contribution in [0.4, 0.5) is 11.4 Å². The topological polar surface area (TPSA) is 26.8 Å². The van der Waals surface area contributed by atoms with Gasteiger partial charge in [-0.05, 0) is 50.1 Å². The molecule has 2 aromatic rings. The van der Waals surface area contributed by atoms with Gasteiger partial charge in [0.05, 0.1) is 0 Å². The van der Waals surface area contributed by atoms with Crippen molar-refractivity contribution in [2.45, 2.75) is 27.2 Å². The fourth-order valence-electron chi connectivity index (χ4n) is 3.79. The minimum atomic E-state index is 0.209. The summed E-state index contributed by atoms with van der Waals surface area (Å²) in [6.45, 7) is 12.0. The number of carbonyl (C=O) groups excluding carboxylic acids is 1. The molecule has 0 atom stereocenters. The highest BCUT2D eigenvalue weighted by Crippen LogP contribution is 2.24. The SMILES string of the molecule is CCN(C(=O)CCN1CCN(c2cccc(C)c2C)CC1)c1ccccc1. The molecule has 3 rings (SSSR count). The van der Waals surface area contributed by atoms with Gasteiger partial charge in [-0.25, -0.2) is 0 Å². The van der Waals surface area contributed by atoms with Crippen molar-refractivity contribution in [1.29, 1.82) is 0 Å². The number of aryl methyl sites for hydroxylation is 1. The first-order valence-electron chi connectivity index (χ1n) is 9.99. The van der Waals surface area contributed by atoms with Gasteiger partial charge in [-0.3, -0.25) is 9.69 Å². The van der Waals surface area contributed by atoms with Crippen LogP contribution in [0, 0.1) is 13.8 Å². The summed E-state index contributed by atoms with van der Waals surface area (Å²) in [6, 6.07) is 16.5. The zero-order valence-electron chi connectivity index (χ0n) is 16.8. The molecule has 0 aromatic heterocycles. The van der Waals surface area contributed by atoms with E-state index in [0.29, 0.717) is 13.0 Å². The maximum atomic E-state index is 12.7. The van der Waals surface area contributed by atoms with E-state index in [2.05, 4.69) is 41.8 Å². The molecule has 0 N–H and O–H groups in total. The van der Waals surface area contributed by atoms with Crippen LogP contribution in [0.3, 0.4) is 0 Å². The third-order valence-corrected chi connectivity index (χ3v) is 5.62. The van der Waals surface area contributed by atoms with Crippen molar-refractivity contribution < 1.29 is 4.79 Å². The summed E-state index contributed by atoms with van der Waals surface area (Å²) in [5.41, 5.74) is 5.07. The summed E-state index contributed by atoms with van der Waals surface area (Å²) < 4.78 is 0. The summed E-state index contributed by atoms with van der Waals surface area (Å²) in [5, 5.41) is 0. The molecule has 1 saturated heterocycles. The molecule has 4 nitrogen and oxygen atoms in total. The summed E-state index contributed by atoms with van der Waals surface area (Å²) in [7, 11) is 0. The van der Waals surface area contributed by atoms with Gasteiger partial charge in [0.2, 0.25) is 5.91 Å².